The summed E-state index contributed by atoms with van der Waals surface area (Å²) in [7, 11) is -2.09. The Morgan fingerprint density at radius 1 is 0.440 bits per heavy atom. The Morgan fingerprint density at radius 3 is 1.72 bits per heavy atom. The van der Waals surface area contributed by atoms with Gasteiger partial charge in [0.1, 0.15) is 13.9 Å². The SMILES string of the molecule is C[Si]1(C)c2ccccc2-c2ccc3c(-n4c5ccccc5c5ccccc54)nc(-c4cccc(-c5cccc(-c6ccccc6)c5)c4)nc3c21. The first-order valence-electron chi connectivity index (χ1n) is 17.3. The first kappa shape index (κ1) is 28.9. The lowest BCUT2D eigenvalue weighted by Gasteiger charge is -2.21. The van der Waals surface area contributed by atoms with Crippen LogP contribution >= 0.6 is 0 Å². The van der Waals surface area contributed by atoms with Crippen LogP contribution in [0.4, 0.5) is 0 Å². The van der Waals surface area contributed by atoms with E-state index in [1.165, 1.54) is 49.0 Å². The van der Waals surface area contributed by atoms with Gasteiger partial charge in [-0.15, -0.1) is 0 Å². The fraction of sp³-hybridized carbons (Fsp3) is 0.0435. The molecule has 236 valence electrons. The van der Waals surface area contributed by atoms with Crippen LogP contribution in [0.25, 0.3) is 83.3 Å². The lowest BCUT2D eigenvalue weighted by Crippen LogP contribution is -2.49. The van der Waals surface area contributed by atoms with E-state index in [-0.39, 0.29) is 0 Å². The van der Waals surface area contributed by atoms with Crippen LogP contribution in [-0.2, 0) is 0 Å². The first-order valence-corrected chi connectivity index (χ1v) is 20.3. The van der Waals surface area contributed by atoms with Crippen molar-refractivity contribution in [1.82, 2.24) is 14.5 Å². The van der Waals surface area contributed by atoms with Gasteiger partial charge in [0.15, 0.2) is 5.82 Å². The number of hydrogen-bond donors (Lipinski definition) is 0. The van der Waals surface area contributed by atoms with Crippen LogP contribution < -0.4 is 10.4 Å². The number of aromatic nitrogens is 3. The van der Waals surface area contributed by atoms with E-state index in [0.29, 0.717) is 0 Å². The van der Waals surface area contributed by atoms with Crippen LogP contribution in [0, 0.1) is 0 Å². The van der Waals surface area contributed by atoms with Gasteiger partial charge in [-0.3, -0.25) is 4.57 Å². The Kier molecular flexibility index (Phi) is 6.33. The number of para-hydroxylation sites is 2. The predicted octanol–water partition coefficient (Wildman–Crippen LogP) is 10.5. The summed E-state index contributed by atoms with van der Waals surface area (Å²) in [4.78, 5) is 11.0. The molecule has 3 heterocycles. The van der Waals surface area contributed by atoms with Crippen molar-refractivity contribution in [1.29, 1.82) is 0 Å². The smallest absolute Gasteiger partial charge is 0.162 e. The van der Waals surface area contributed by atoms with Gasteiger partial charge in [0, 0.05) is 21.7 Å². The second kappa shape index (κ2) is 11.0. The van der Waals surface area contributed by atoms with Gasteiger partial charge in [0.25, 0.3) is 0 Å². The summed E-state index contributed by atoms with van der Waals surface area (Å²) < 4.78 is 2.36. The summed E-state index contributed by atoms with van der Waals surface area (Å²) in [5.74, 6) is 1.66. The van der Waals surface area contributed by atoms with E-state index in [9.17, 15) is 0 Å². The van der Waals surface area contributed by atoms with Crippen molar-refractivity contribution in [3.05, 3.63) is 164 Å². The molecular formula is C46H33N3Si. The molecule has 2 aromatic heterocycles. The molecule has 9 aromatic rings. The average Bonchev–Trinajstić information content (AvgIpc) is 3.63. The van der Waals surface area contributed by atoms with Crippen LogP contribution in [0.5, 0.6) is 0 Å². The molecule has 0 atom stereocenters. The molecule has 0 unspecified atom stereocenters. The molecular weight excluding hydrogens is 623 g/mol. The average molecular weight is 656 g/mol. The summed E-state index contributed by atoms with van der Waals surface area (Å²) in [5.41, 5.74) is 11.7. The zero-order chi connectivity index (χ0) is 33.4. The summed E-state index contributed by atoms with van der Waals surface area (Å²) in [6.45, 7) is 4.94. The molecule has 50 heavy (non-hydrogen) atoms. The van der Waals surface area contributed by atoms with Gasteiger partial charge in [-0.1, -0.05) is 147 Å². The van der Waals surface area contributed by atoms with E-state index in [1.54, 1.807) is 0 Å². The normalized spacial score (nSPS) is 13.2. The van der Waals surface area contributed by atoms with Crippen molar-refractivity contribution >= 4 is 51.2 Å². The van der Waals surface area contributed by atoms with Crippen LogP contribution in [0.15, 0.2) is 164 Å². The number of benzene rings is 7. The molecule has 0 fully saturated rings. The van der Waals surface area contributed by atoms with Crippen molar-refractivity contribution in [3.63, 3.8) is 0 Å². The highest BCUT2D eigenvalue weighted by atomic mass is 28.3. The molecule has 4 heteroatoms. The molecule has 0 bridgehead atoms. The lowest BCUT2D eigenvalue weighted by atomic mass is 9.98. The van der Waals surface area contributed by atoms with Gasteiger partial charge >= 0.3 is 0 Å². The summed E-state index contributed by atoms with van der Waals surface area (Å²) in [6.07, 6.45) is 0. The third kappa shape index (κ3) is 4.28. The van der Waals surface area contributed by atoms with E-state index >= 15 is 0 Å². The largest absolute Gasteiger partial charge is 0.293 e. The maximum absolute atomic E-state index is 5.54. The van der Waals surface area contributed by atoms with Gasteiger partial charge in [-0.25, -0.2) is 9.97 Å². The number of nitrogens with zero attached hydrogens (tertiary/aromatic N) is 3. The quantitative estimate of drug-likeness (QED) is 0.177. The Morgan fingerprint density at radius 2 is 1.00 bits per heavy atom. The number of fused-ring (bicyclic) bond motifs is 8. The highest BCUT2D eigenvalue weighted by Gasteiger charge is 2.39. The molecule has 0 spiro atoms. The predicted molar refractivity (Wildman–Crippen MR) is 212 cm³/mol. The highest BCUT2D eigenvalue weighted by molar-refractivity contribution is 7.05. The van der Waals surface area contributed by atoms with E-state index in [1.807, 2.05) is 0 Å². The van der Waals surface area contributed by atoms with Gasteiger partial charge in [-0.05, 0) is 74.1 Å². The highest BCUT2D eigenvalue weighted by Crippen LogP contribution is 2.38. The first-order chi connectivity index (χ1) is 24.6. The molecule has 10 rings (SSSR count). The van der Waals surface area contributed by atoms with Crippen LogP contribution in [-0.4, -0.2) is 22.6 Å². The Bertz CT molecular complexity index is 2740. The fourth-order valence-electron chi connectivity index (χ4n) is 8.23. The zero-order valence-corrected chi connectivity index (χ0v) is 28.9. The Hall–Kier alpha value is -6.10. The number of hydrogen-bond acceptors (Lipinski definition) is 2. The second-order valence-electron chi connectivity index (χ2n) is 13.8. The van der Waals surface area contributed by atoms with Gasteiger partial charge in [0.05, 0.1) is 16.6 Å². The lowest BCUT2D eigenvalue weighted by molar-refractivity contribution is 1.08. The van der Waals surface area contributed by atoms with Crippen LogP contribution in [0.1, 0.15) is 0 Å². The maximum atomic E-state index is 5.54. The molecule has 0 radical (unpaired) electrons. The van der Waals surface area contributed by atoms with Gasteiger partial charge < -0.3 is 0 Å². The molecule has 1 aliphatic heterocycles. The second-order valence-corrected chi connectivity index (χ2v) is 18.1. The third-order valence-electron chi connectivity index (χ3n) is 10.6. The van der Waals surface area contributed by atoms with E-state index < -0.39 is 8.07 Å². The minimum Gasteiger partial charge on any atom is -0.293 e. The molecule has 0 N–H and O–H groups in total. The molecule has 1 aliphatic rings. The Labute approximate surface area is 292 Å². The van der Waals surface area contributed by atoms with E-state index in [4.69, 9.17) is 9.97 Å². The van der Waals surface area contributed by atoms with Crippen molar-refractivity contribution in [2.24, 2.45) is 0 Å². The fourth-order valence-corrected chi connectivity index (χ4v) is 11.6. The molecule has 3 nitrogen and oxygen atoms in total. The number of rotatable bonds is 4. The summed E-state index contributed by atoms with van der Waals surface area (Å²) in [6, 6.07) is 59.0. The maximum Gasteiger partial charge on any atom is 0.162 e. The van der Waals surface area contributed by atoms with E-state index in [0.717, 1.165) is 44.7 Å². The standard InChI is InChI=1S/C46H33N3Si/c1-50(2)42-25-11-8-22-37(42)38-26-27-39-43(44(38)50)47-45(48-46(39)49-40-23-9-6-20-35(40)36-21-7-10-24-41(36)49)34-19-13-18-33(29-34)32-17-12-16-31(28-32)30-14-4-3-5-15-30/h3-29H,1-2H3. The topological polar surface area (TPSA) is 30.7 Å². The summed E-state index contributed by atoms with van der Waals surface area (Å²) in [5, 5.41) is 6.40. The third-order valence-corrected chi connectivity index (χ3v) is 14.1. The molecule has 0 amide bonds. The van der Waals surface area contributed by atoms with Crippen molar-refractivity contribution < 1.29 is 0 Å². The Balaban J connectivity index is 1.25. The van der Waals surface area contributed by atoms with Gasteiger partial charge in [0.2, 0.25) is 0 Å². The summed E-state index contributed by atoms with van der Waals surface area (Å²) >= 11 is 0. The molecule has 0 saturated carbocycles. The minimum atomic E-state index is -2.09. The monoisotopic (exact) mass is 655 g/mol. The van der Waals surface area contributed by atoms with Crippen molar-refractivity contribution in [2.45, 2.75) is 13.1 Å². The molecule has 0 aliphatic carbocycles. The van der Waals surface area contributed by atoms with Crippen LogP contribution in [0.2, 0.25) is 13.1 Å². The van der Waals surface area contributed by atoms with E-state index in [2.05, 4.69) is 181 Å². The van der Waals surface area contributed by atoms with Gasteiger partial charge in [-0.2, -0.15) is 0 Å². The van der Waals surface area contributed by atoms with Crippen molar-refractivity contribution in [2.75, 3.05) is 0 Å². The minimum absolute atomic E-state index is 0.740. The van der Waals surface area contributed by atoms with Crippen molar-refractivity contribution in [3.8, 4) is 50.6 Å². The van der Waals surface area contributed by atoms with Crippen LogP contribution in [0.3, 0.4) is 0 Å². The molecule has 0 saturated heterocycles. The zero-order valence-electron chi connectivity index (χ0n) is 27.9. The molecule has 7 aromatic carbocycles.